The minimum atomic E-state index is 0.943. The van der Waals surface area contributed by atoms with Crippen LogP contribution in [0.1, 0.15) is 18.4 Å². The molecule has 1 saturated carbocycles. The maximum absolute atomic E-state index is 4.38. The van der Waals surface area contributed by atoms with Gasteiger partial charge in [0.05, 0.1) is 0 Å². The number of piperazine rings is 1. The molecule has 2 fully saturated rings. The second-order valence-corrected chi connectivity index (χ2v) is 5.82. The van der Waals surface area contributed by atoms with Crippen molar-refractivity contribution in [1.29, 1.82) is 0 Å². The third kappa shape index (κ3) is 3.67. The lowest BCUT2D eigenvalue weighted by Gasteiger charge is -2.34. The van der Waals surface area contributed by atoms with Crippen LogP contribution < -0.4 is 5.32 Å². The summed E-state index contributed by atoms with van der Waals surface area (Å²) in [6, 6.07) is 4.23. The summed E-state index contributed by atoms with van der Waals surface area (Å²) in [7, 11) is 1.90. The van der Waals surface area contributed by atoms with Crippen LogP contribution in [0.5, 0.6) is 0 Å². The second kappa shape index (κ2) is 5.88. The Morgan fingerprint density at radius 3 is 2.47 bits per heavy atom. The number of nitrogens with zero attached hydrogens (tertiary/aromatic N) is 3. The predicted octanol–water partition coefficient (Wildman–Crippen LogP) is 1.65. The van der Waals surface area contributed by atoms with E-state index in [-0.39, 0.29) is 0 Å². The first-order valence-electron chi connectivity index (χ1n) is 7.41. The normalized spacial score (nSPS) is 21.5. The van der Waals surface area contributed by atoms with E-state index in [4.69, 9.17) is 0 Å². The fourth-order valence-electron chi connectivity index (χ4n) is 2.72. The van der Waals surface area contributed by atoms with Gasteiger partial charge in [-0.3, -0.25) is 4.90 Å². The third-order valence-corrected chi connectivity index (χ3v) is 4.17. The van der Waals surface area contributed by atoms with Crippen LogP contribution in [0.3, 0.4) is 0 Å². The molecule has 1 aromatic rings. The Bertz CT molecular complexity index is 391. The van der Waals surface area contributed by atoms with Gasteiger partial charge in [0, 0.05) is 52.5 Å². The van der Waals surface area contributed by atoms with Crippen molar-refractivity contribution in [3.8, 4) is 0 Å². The van der Waals surface area contributed by atoms with E-state index in [9.17, 15) is 0 Å². The van der Waals surface area contributed by atoms with Crippen molar-refractivity contribution >= 4 is 5.82 Å². The maximum Gasteiger partial charge on any atom is 0.125 e. The Hall–Kier alpha value is -1.13. The topological polar surface area (TPSA) is 31.4 Å². The number of nitrogens with one attached hydrogen (secondary N) is 1. The van der Waals surface area contributed by atoms with Gasteiger partial charge in [0.2, 0.25) is 0 Å². The van der Waals surface area contributed by atoms with Crippen LogP contribution in [0.2, 0.25) is 0 Å². The third-order valence-electron chi connectivity index (χ3n) is 4.17. The molecule has 0 spiro atoms. The monoisotopic (exact) mass is 260 g/mol. The van der Waals surface area contributed by atoms with Crippen molar-refractivity contribution in [3.63, 3.8) is 0 Å². The zero-order valence-electron chi connectivity index (χ0n) is 11.8. The van der Waals surface area contributed by atoms with Crippen LogP contribution in [-0.2, 0) is 6.54 Å². The molecule has 4 nitrogen and oxygen atoms in total. The van der Waals surface area contributed by atoms with E-state index in [0.29, 0.717) is 0 Å². The summed E-state index contributed by atoms with van der Waals surface area (Å²) < 4.78 is 0. The highest BCUT2D eigenvalue weighted by molar-refractivity contribution is 5.34. The van der Waals surface area contributed by atoms with E-state index in [1.165, 1.54) is 51.1 Å². The SMILES string of the molecule is CNc1ccc(CN2CCN(CC3CC3)CC2)cn1. The zero-order chi connectivity index (χ0) is 13.1. The van der Waals surface area contributed by atoms with Gasteiger partial charge in [-0.1, -0.05) is 6.07 Å². The average Bonchev–Trinajstić information content (AvgIpc) is 3.26. The highest BCUT2D eigenvalue weighted by Crippen LogP contribution is 2.29. The van der Waals surface area contributed by atoms with Crippen LogP contribution in [0.4, 0.5) is 5.82 Å². The first-order valence-corrected chi connectivity index (χ1v) is 7.41. The molecule has 1 saturated heterocycles. The highest BCUT2D eigenvalue weighted by atomic mass is 15.3. The Balaban J connectivity index is 1.45. The minimum absolute atomic E-state index is 0.943. The number of hydrogen-bond acceptors (Lipinski definition) is 4. The fraction of sp³-hybridized carbons (Fsp3) is 0.667. The number of hydrogen-bond donors (Lipinski definition) is 1. The van der Waals surface area contributed by atoms with Gasteiger partial charge in [0.15, 0.2) is 0 Å². The van der Waals surface area contributed by atoms with E-state index in [1.807, 2.05) is 13.2 Å². The lowest BCUT2D eigenvalue weighted by atomic mass is 10.2. The Labute approximate surface area is 115 Å². The first kappa shape index (κ1) is 12.9. The predicted molar refractivity (Wildman–Crippen MR) is 78.2 cm³/mol. The molecule has 0 radical (unpaired) electrons. The van der Waals surface area contributed by atoms with Crippen molar-refractivity contribution in [2.45, 2.75) is 19.4 Å². The van der Waals surface area contributed by atoms with Crippen molar-refractivity contribution in [2.24, 2.45) is 5.92 Å². The summed E-state index contributed by atoms with van der Waals surface area (Å²) in [5.41, 5.74) is 1.31. The van der Waals surface area contributed by atoms with Crippen LogP contribution in [0, 0.1) is 5.92 Å². The molecule has 1 N–H and O–H groups in total. The van der Waals surface area contributed by atoms with Gasteiger partial charge < -0.3 is 10.2 Å². The summed E-state index contributed by atoms with van der Waals surface area (Å²) in [6.45, 7) is 7.23. The molecule has 3 rings (SSSR count). The van der Waals surface area contributed by atoms with Crippen molar-refractivity contribution < 1.29 is 0 Å². The number of rotatable bonds is 5. The molecule has 0 amide bonds. The van der Waals surface area contributed by atoms with Gasteiger partial charge in [0.1, 0.15) is 5.82 Å². The Kier molecular flexibility index (Phi) is 3.99. The first-order chi connectivity index (χ1) is 9.33. The lowest BCUT2D eigenvalue weighted by Crippen LogP contribution is -2.46. The second-order valence-electron chi connectivity index (χ2n) is 5.82. The van der Waals surface area contributed by atoms with Crippen molar-refractivity contribution in [2.75, 3.05) is 45.1 Å². The molecule has 0 bridgehead atoms. The van der Waals surface area contributed by atoms with E-state index in [0.717, 1.165) is 18.3 Å². The molecule has 2 aliphatic rings. The van der Waals surface area contributed by atoms with Crippen LogP contribution >= 0.6 is 0 Å². The molecule has 0 atom stereocenters. The molecule has 4 heteroatoms. The molecule has 2 heterocycles. The highest BCUT2D eigenvalue weighted by Gasteiger charge is 2.26. The number of aromatic nitrogens is 1. The zero-order valence-corrected chi connectivity index (χ0v) is 11.8. The van der Waals surface area contributed by atoms with Crippen molar-refractivity contribution in [1.82, 2.24) is 14.8 Å². The molecular weight excluding hydrogens is 236 g/mol. The summed E-state index contributed by atoms with van der Waals surface area (Å²) in [4.78, 5) is 9.55. The lowest BCUT2D eigenvalue weighted by molar-refractivity contribution is 0.123. The van der Waals surface area contributed by atoms with Crippen molar-refractivity contribution in [3.05, 3.63) is 23.9 Å². The van der Waals surface area contributed by atoms with Gasteiger partial charge in [-0.15, -0.1) is 0 Å². The fourth-order valence-corrected chi connectivity index (χ4v) is 2.72. The molecule has 0 aromatic carbocycles. The average molecular weight is 260 g/mol. The molecule has 1 aliphatic heterocycles. The van der Waals surface area contributed by atoms with Gasteiger partial charge in [-0.05, 0) is 30.4 Å². The molecular formula is C15H24N4. The molecule has 19 heavy (non-hydrogen) atoms. The number of anilines is 1. The van der Waals surface area contributed by atoms with E-state index in [1.54, 1.807) is 0 Å². The molecule has 0 unspecified atom stereocenters. The van der Waals surface area contributed by atoms with Crippen LogP contribution in [-0.4, -0.2) is 54.6 Å². The Morgan fingerprint density at radius 1 is 1.16 bits per heavy atom. The largest absolute Gasteiger partial charge is 0.373 e. The summed E-state index contributed by atoms with van der Waals surface area (Å²) in [5, 5.41) is 3.06. The van der Waals surface area contributed by atoms with E-state index < -0.39 is 0 Å². The van der Waals surface area contributed by atoms with E-state index >= 15 is 0 Å². The van der Waals surface area contributed by atoms with Gasteiger partial charge in [0.25, 0.3) is 0 Å². The van der Waals surface area contributed by atoms with Gasteiger partial charge in [-0.25, -0.2) is 4.98 Å². The Morgan fingerprint density at radius 2 is 1.89 bits per heavy atom. The smallest absolute Gasteiger partial charge is 0.125 e. The molecule has 104 valence electrons. The summed E-state index contributed by atoms with van der Waals surface area (Å²) in [5.74, 6) is 1.96. The van der Waals surface area contributed by atoms with Gasteiger partial charge in [-0.2, -0.15) is 0 Å². The van der Waals surface area contributed by atoms with Crippen LogP contribution in [0.25, 0.3) is 0 Å². The number of pyridine rings is 1. The maximum atomic E-state index is 4.38. The molecule has 1 aliphatic carbocycles. The van der Waals surface area contributed by atoms with Crippen LogP contribution in [0.15, 0.2) is 18.3 Å². The van der Waals surface area contributed by atoms with Gasteiger partial charge >= 0.3 is 0 Å². The summed E-state index contributed by atoms with van der Waals surface area (Å²) in [6.07, 6.45) is 4.91. The quantitative estimate of drug-likeness (QED) is 0.872. The minimum Gasteiger partial charge on any atom is -0.373 e. The standard InChI is InChI=1S/C15H24N4/c1-16-15-5-4-14(10-17-15)12-19-8-6-18(7-9-19)11-13-2-3-13/h4-5,10,13H,2-3,6-9,11-12H2,1H3,(H,16,17). The molecule has 1 aromatic heterocycles. The summed E-state index contributed by atoms with van der Waals surface area (Å²) >= 11 is 0. The van der Waals surface area contributed by atoms with E-state index in [2.05, 4.69) is 32.2 Å².